The predicted octanol–water partition coefficient (Wildman–Crippen LogP) is 8.01. The molecule has 2 heterocycles. The third-order valence-corrected chi connectivity index (χ3v) is 8.32. The fourth-order valence-corrected chi connectivity index (χ4v) is 6.91. The first-order valence-corrected chi connectivity index (χ1v) is 11.3. The number of aryl methyl sites for hydroxylation is 1. The smallest absolute Gasteiger partial charge is 0.0496 e. The molecule has 0 aliphatic heterocycles. The van der Waals surface area contributed by atoms with E-state index in [-0.39, 0.29) is 5.41 Å². The zero-order valence-corrected chi connectivity index (χ0v) is 18.1. The van der Waals surface area contributed by atoms with Gasteiger partial charge in [-0.15, -0.1) is 11.3 Å². The maximum absolute atomic E-state index is 2.44. The van der Waals surface area contributed by atoms with Crippen molar-refractivity contribution in [1.29, 1.82) is 0 Å². The zero-order valence-electron chi connectivity index (χ0n) is 17.3. The molecule has 0 bridgehead atoms. The van der Waals surface area contributed by atoms with Crippen molar-refractivity contribution in [1.82, 2.24) is 4.57 Å². The number of hydrogen-bond acceptors (Lipinski definition) is 1. The Bertz CT molecular complexity index is 1680. The molecule has 1 nitrogen and oxygen atoms in total. The molecular weight excluding hydrogens is 382 g/mol. The van der Waals surface area contributed by atoms with Crippen LogP contribution in [0.1, 0.15) is 25.0 Å². The lowest BCUT2D eigenvalue weighted by molar-refractivity contribution is 0.666. The Hall–Kier alpha value is -3.10. The summed E-state index contributed by atoms with van der Waals surface area (Å²) >= 11 is 1.91. The van der Waals surface area contributed by atoms with Crippen LogP contribution in [-0.4, -0.2) is 4.57 Å². The lowest BCUT2D eigenvalue weighted by Crippen LogP contribution is -2.15. The van der Waals surface area contributed by atoms with E-state index in [0.717, 1.165) is 0 Å². The van der Waals surface area contributed by atoms with E-state index in [1.54, 1.807) is 0 Å². The molecule has 0 radical (unpaired) electrons. The molecule has 1 aliphatic carbocycles. The van der Waals surface area contributed by atoms with Crippen LogP contribution < -0.4 is 0 Å². The molecule has 0 atom stereocenters. The number of benzene rings is 4. The molecule has 2 heteroatoms. The van der Waals surface area contributed by atoms with Crippen molar-refractivity contribution in [3.8, 4) is 11.1 Å². The quantitative estimate of drug-likeness (QED) is 0.242. The molecule has 0 saturated heterocycles. The van der Waals surface area contributed by atoms with Gasteiger partial charge in [-0.2, -0.15) is 0 Å². The van der Waals surface area contributed by atoms with E-state index < -0.39 is 0 Å². The Morgan fingerprint density at radius 1 is 0.700 bits per heavy atom. The van der Waals surface area contributed by atoms with Gasteiger partial charge < -0.3 is 4.57 Å². The van der Waals surface area contributed by atoms with Crippen molar-refractivity contribution in [3.63, 3.8) is 0 Å². The first-order valence-electron chi connectivity index (χ1n) is 10.5. The summed E-state index contributed by atoms with van der Waals surface area (Å²) in [6.07, 6.45) is 0. The second-order valence-corrected chi connectivity index (χ2v) is 10.2. The highest BCUT2D eigenvalue weighted by Crippen LogP contribution is 2.53. The first-order chi connectivity index (χ1) is 14.6. The summed E-state index contributed by atoms with van der Waals surface area (Å²) < 4.78 is 5.13. The second kappa shape index (κ2) is 5.33. The van der Waals surface area contributed by atoms with Gasteiger partial charge in [0.1, 0.15) is 0 Å². The molecule has 0 N–H and O–H groups in total. The van der Waals surface area contributed by atoms with E-state index in [9.17, 15) is 0 Å². The van der Waals surface area contributed by atoms with Gasteiger partial charge in [0.15, 0.2) is 0 Å². The Labute approximate surface area is 179 Å². The van der Waals surface area contributed by atoms with Crippen LogP contribution in [0.3, 0.4) is 0 Å². The van der Waals surface area contributed by atoms with Crippen LogP contribution in [0.5, 0.6) is 0 Å². The Morgan fingerprint density at radius 2 is 1.50 bits per heavy atom. The van der Waals surface area contributed by atoms with Crippen molar-refractivity contribution in [2.45, 2.75) is 19.3 Å². The summed E-state index contributed by atoms with van der Waals surface area (Å²) in [4.78, 5) is 0. The lowest BCUT2D eigenvalue weighted by atomic mass is 9.80. The van der Waals surface area contributed by atoms with Crippen LogP contribution in [0.2, 0.25) is 0 Å². The van der Waals surface area contributed by atoms with Gasteiger partial charge in [-0.25, -0.2) is 0 Å². The topological polar surface area (TPSA) is 4.93 Å². The second-order valence-electron chi connectivity index (χ2n) is 9.08. The Balaban J connectivity index is 1.69. The summed E-state index contributed by atoms with van der Waals surface area (Å²) in [5.74, 6) is 0. The summed E-state index contributed by atoms with van der Waals surface area (Å²) in [6, 6.07) is 27.2. The lowest BCUT2D eigenvalue weighted by Gasteiger charge is -2.22. The van der Waals surface area contributed by atoms with Crippen molar-refractivity contribution in [3.05, 3.63) is 83.9 Å². The van der Waals surface area contributed by atoms with Gasteiger partial charge >= 0.3 is 0 Å². The molecule has 7 rings (SSSR count). The highest BCUT2D eigenvalue weighted by atomic mass is 32.1. The van der Waals surface area contributed by atoms with Crippen LogP contribution >= 0.6 is 11.3 Å². The molecule has 1 aliphatic rings. The maximum Gasteiger partial charge on any atom is 0.0496 e. The summed E-state index contributed by atoms with van der Waals surface area (Å²) in [6.45, 7) is 4.77. The standard InChI is InChI=1S/C28H21NS/c1-28(2)21-10-6-4-8-16(21)18-12-13-22-26(27(18)28)20-15-25-19(14-23(20)29(22)3)17-9-5-7-11-24(17)30-25/h4-15H,1-3H3. The number of aromatic nitrogens is 1. The Kier molecular flexibility index (Phi) is 2.96. The van der Waals surface area contributed by atoms with E-state index in [4.69, 9.17) is 0 Å². The van der Waals surface area contributed by atoms with Gasteiger partial charge in [-0.05, 0) is 46.5 Å². The van der Waals surface area contributed by atoms with Gasteiger partial charge in [0.05, 0.1) is 0 Å². The third kappa shape index (κ3) is 1.84. The average molecular weight is 404 g/mol. The van der Waals surface area contributed by atoms with Crippen LogP contribution in [0.4, 0.5) is 0 Å². The normalized spacial score (nSPS) is 14.8. The maximum atomic E-state index is 2.44. The first kappa shape index (κ1) is 16.7. The number of nitrogens with zero attached hydrogens (tertiary/aromatic N) is 1. The van der Waals surface area contributed by atoms with Gasteiger partial charge in [0.25, 0.3) is 0 Å². The SMILES string of the molecule is Cn1c2cc3c(cc2c2c4c(ccc21)-c1ccccc1C4(C)C)sc1ccccc13. The fourth-order valence-electron chi connectivity index (χ4n) is 5.78. The third-order valence-electron chi connectivity index (χ3n) is 7.19. The van der Waals surface area contributed by atoms with Crippen molar-refractivity contribution < 1.29 is 0 Å². The minimum Gasteiger partial charge on any atom is -0.344 e. The van der Waals surface area contributed by atoms with Gasteiger partial charge in [-0.1, -0.05) is 62.4 Å². The monoisotopic (exact) mass is 403 g/mol. The van der Waals surface area contributed by atoms with Crippen LogP contribution in [0.15, 0.2) is 72.8 Å². The van der Waals surface area contributed by atoms with Crippen LogP contribution in [0.25, 0.3) is 53.1 Å². The highest BCUT2D eigenvalue weighted by Gasteiger charge is 2.37. The van der Waals surface area contributed by atoms with Crippen LogP contribution in [0, 0.1) is 0 Å². The largest absolute Gasteiger partial charge is 0.344 e. The van der Waals surface area contributed by atoms with E-state index >= 15 is 0 Å². The van der Waals surface area contributed by atoms with E-state index in [1.165, 1.54) is 64.2 Å². The molecule has 2 aromatic heterocycles. The zero-order chi connectivity index (χ0) is 20.2. The molecule has 30 heavy (non-hydrogen) atoms. The molecule has 144 valence electrons. The van der Waals surface area contributed by atoms with Crippen molar-refractivity contribution >= 4 is 53.3 Å². The van der Waals surface area contributed by atoms with Gasteiger partial charge in [0, 0.05) is 54.4 Å². The average Bonchev–Trinajstić information content (AvgIpc) is 3.34. The summed E-state index contributed by atoms with van der Waals surface area (Å²) in [5.41, 5.74) is 8.34. The number of hydrogen-bond donors (Lipinski definition) is 0. The van der Waals surface area contributed by atoms with Crippen molar-refractivity contribution in [2.24, 2.45) is 7.05 Å². The van der Waals surface area contributed by atoms with E-state index in [1.807, 2.05) is 11.3 Å². The predicted molar refractivity (Wildman–Crippen MR) is 131 cm³/mol. The molecule has 4 aromatic carbocycles. The Morgan fingerprint density at radius 3 is 2.40 bits per heavy atom. The molecule has 0 amide bonds. The highest BCUT2D eigenvalue weighted by molar-refractivity contribution is 7.25. The minimum absolute atomic E-state index is 0.00512. The minimum atomic E-state index is -0.00512. The van der Waals surface area contributed by atoms with Gasteiger partial charge in [-0.3, -0.25) is 0 Å². The van der Waals surface area contributed by atoms with Gasteiger partial charge in [0.2, 0.25) is 0 Å². The molecule has 0 spiro atoms. The molecule has 0 saturated carbocycles. The number of fused-ring (bicyclic) bond motifs is 10. The summed E-state index contributed by atoms with van der Waals surface area (Å²) in [5, 5.41) is 5.53. The molecule has 0 unspecified atom stereocenters. The number of thiophene rings is 1. The fraction of sp³-hybridized carbons (Fsp3) is 0.143. The molecular formula is C28H21NS. The van der Waals surface area contributed by atoms with Crippen molar-refractivity contribution in [2.75, 3.05) is 0 Å². The van der Waals surface area contributed by atoms with Crippen LogP contribution in [-0.2, 0) is 12.5 Å². The molecule has 6 aromatic rings. The van der Waals surface area contributed by atoms with E-state index in [2.05, 4.69) is 98.3 Å². The summed E-state index contributed by atoms with van der Waals surface area (Å²) in [7, 11) is 2.21. The molecule has 0 fully saturated rings. The number of rotatable bonds is 0. The van der Waals surface area contributed by atoms with E-state index in [0.29, 0.717) is 0 Å².